The summed E-state index contributed by atoms with van der Waals surface area (Å²) in [6.45, 7) is 4.74. The van der Waals surface area contributed by atoms with E-state index in [4.69, 9.17) is 4.74 Å². The third-order valence-electron chi connectivity index (χ3n) is 2.94. The first-order valence-electron chi connectivity index (χ1n) is 6.69. The largest absolute Gasteiger partial charge is 0.461 e. The number of hydrogen-bond acceptors (Lipinski definition) is 6. The van der Waals surface area contributed by atoms with Crippen molar-refractivity contribution in [3.63, 3.8) is 0 Å². The molecule has 0 amide bonds. The number of nitro groups is 1. The highest BCUT2D eigenvalue weighted by atomic mass is 32.2. The quantitative estimate of drug-likeness (QED) is 0.308. The summed E-state index contributed by atoms with van der Waals surface area (Å²) >= 11 is 0. The van der Waals surface area contributed by atoms with E-state index in [1.54, 1.807) is 13.0 Å². The van der Waals surface area contributed by atoms with Crippen molar-refractivity contribution in [3.8, 4) is 0 Å². The number of benzene rings is 1. The third-order valence-corrected chi connectivity index (χ3v) is 4.76. The molecular formula is C14H18N2O6S. The van der Waals surface area contributed by atoms with Gasteiger partial charge >= 0.3 is 5.97 Å². The summed E-state index contributed by atoms with van der Waals surface area (Å²) in [6.07, 6.45) is 1.66. The Morgan fingerprint density at radius 3 is 2.48 bits per heavy atom. The molecule has 9 heteroatoms. The van der Waals surface area contributed by atoms with Gasteiger partial charge in [-0.2, -0.15) is 4.31 Å². The topological polar surface area (TPSA) is 107 Å². The Balaban J connectivity index is 2.80. The third kappa shape index (κ3) is 5.15. The zero-order chi connectivity index (χ0) is 17.6. The molecule has 0 fully saturated rings. The SMILES string of the molecule is C=CCC(C)OC(=O)CN(C)S(=O)(=O)c1ccc([N+](=O)[O-])cc1. The van der Waals surface area contributed by atoms with Gasteiger partial charge in [0.05, 0.1) is 9.82 Å². The molecule has 1 rings (SSSR count). The van der Waals surface area contributed by atoms with Crippen molar-refractivity contribution in [2.24, 2.45) is 0 Å². The Labute approximate surface area is 134 Å². The molecule has 126 valence electrons. The normalized spacial score (nSPS) is 12.7. The van der Waals surface area contributed by atoms with E-state index in [9.17, 15) is 23.3 Å². The molecule has 0 saturated heterocycles. The Morgan fingerprint density at radius 1 is 1.43 bits per heavy atom. The number of likely N-dealkylation sites (N-methyl/N-ethyl adjacent to an activating group) is 1. The van der Waals surface area contributed by atoms with Crippen molar-refractivity contribution in [2.45, 2.75) is 24.3 Å². The van der Waals surface area contributed by atoms with E-state index in [1.165, 1.54) is 7.05 Å². The molecule has 0 aliphatic rings. The van der Waals surface area contributed by atoms with Crippen molar-refractivity contribution < 1.29 is 22.9 Å². The number of carbonyl (C=O) groups is 1. The van der Waals surface area contributed by atoms with Crippen LogP contribution in [-0.2, 0) is 19.6 Å². The van der Waals surface area contributed by atoms with E-state index in [-0.39, 0.29) is 10.6 Å². The fourth-order valence-electron chi connectivity index (χ4n) is 1.73. The second-order valence-electron chi connectivity index (χ2n) is 4.84. The van der Waals surface area contributed by atoms with Crippen molar-refractivity contribution in [2.75, 3.05) is 13.6 Å². The Hall–Kier alpha value is -2.26. The summed E-state index contributed by atoms with van der Waals surface area (Å²) in [5.41, 5.74) is -0.218. The number of nitrogens with zero attached hydrogens (tertiary/aromatic N) is 2. The number of ether oxygens (including phenoxy) is 1. The van der Waals surface area contributed by atoms with Crippen LogP contribution in [0.25, 0.3) is 0 Å². The first-order chi connectivity index (χ1) is 10.7. The van der Waals surface area contributed by atoms with Gasteiger partial charge in [-0.1, -0.05) is 6.08 Å². The van der Waals surface area contributed by atoms with Crippen LogP contribution >= 0.6 is 0 Å². The number of nitro benzene ring substituents is 1. The molecule has 8 nitrogen and oxygen atoms in total. The minimum atomic E-state index is -3.93. The molecule has 0 heterocycles. The van der Waals surface area contributed by atoms with Crippen molar-refractivity contribution >= 4 is 21.7 Å². The molecule has 0 bridgehead atoms. The minimum Gasteiger partial charge on any atom is -0.461 e. The van der Waals surface area contributed by atoms with Crippen LogP contribution in [0.3, 0.4) is 0 Å². The van der Waals surface area contributed by atoms with Crippen LogP contribution in [-0.4, -0.2) is 43.3 Å². The minimum absolute atomic E-state index is 0.141. The Bertz CT molecular complexity index is 684. The molecular weight excluding hydrogens is 324 g/mol. The molecule has 0 spiro atoms. The number of esters is 1. The van der Waals surface area contributed by atoms with Gasteiger partial charge in [0.25, 0.3) is 5.69 Å². The molecule has 1 aromatic rings. The van der Waals surface area contributed by atoms with Gasteiger partial charge in [-0.05, 0) is 19.1 Å². The molecule has 0 N–H and O–H groups in total. The number of rotatable bonds is 8. The van der Waals surface area contributed by atoms with E-state index in [0.29, 0.717) is 6.42 Å². The van der Waals surface area contributed by atoms with Gasteiger partial charge in [-0.3, -0.25) is 14.9 Å². The molecule has 0 aliphatic carbocycles. The van der Waals surface area contributed by atoms with E-state index in [1.807, 2.05) is 0 Å². The summed E-state index contributed by atoms with van der Waals surface area (Å²) in [6, 6.07) is 4.42. The fourth-order valence-corrected chi connectivity index (χ4v) is 2.85. The maximum atomic E-state index is 12.3. The summed E-state index contributed by atoms with van der Waals surface area (Å²) in [5.74, 6) is -0.688. The molecule has 0 aliphatic heterocycles. The molecule has 0 saturated carbocycles. The van der Waals surface area contributed by atoms with Gasteiger partial charge in [-0.25, -0.2) is 8.42 Å². The standard InChI is InChI=1S/C14H18N2O6S/c1-4-5-11(2)22-14(17)10-15(3)23(20,21)13-8-6-12(7-9-13)16(18)19/h4,6-9,11H,1,5,10H2,2-3H3. The maximum absolute atomic E-state index is 12.3. The zero-order valence-electron chi connectivity index (χ0n) is 12.8. The second-order valence-corrected chi connectivity index (χ2v) is 6.88. The summed E-state index contributed by atoms with van der Waals surface area (Å²) in [4.78, 5) is 21.5. The zero-order valence-corrected chi connectivity index (χ0v) is 13.7. The average Bonchev–Trinajstić information content (AvgIpc) is 2.47. The van der Waals surface area contributed by atoms with E-state index in [0.717, 1.165) is 28.6 Å². The molecule has 1 aromatic carbocycles. The lowest BCUT2D eigenvalue weighted by molar-refractivity contribution is -0.384. The first-order valence-corrected chi connectivity index (χ1v) is 8.13. The summed E-state index contributed by atoms with van der Waals surface area (Å²) < 4.78 is 30.5. The van der Waals surface area contributed by atoms with Crippen LogP contribution in [0, 0.1) is 10.1 Å². The fraction of sp³-hybridized carbons (Fsp3) is 0.357. The van der Waals surface area contributed by atoms with Crippen LogP contribution < -0.4 is 0 Å². The summed E-state index contributed by atoms with van der Waals surface area (Å²) in [5, 5.41) is 10.6. The van der Waals surface area contributed by atoms with Crippen molar-refractivity contribution in [1.29, 1.82) is 0 Å². The lowest BCUT2D eigenvalue weighted by atomic mass is 10.3. The molecule has 1 unspecified atom stereocenters. The average molecular weight is 342 g/mol. The van der Waals surface area contributed by atoms with Crippen molar-refractivity contribution in [3.05, 3.63) is 47.0 Å². The van der Waals surface area contributed by atoms with Gasteiger partial charge in [0.15, 0.2) is 0 Å². The van der Waals surface area contributed by atoms with Crippen LogP contribution in [0.15, 0.2) is 41.8 Å². The number of sulfonamides is 1. The smallest absolute Gasteiger partial charge is 0.321 e. The van der Waals surface area contributed by atoms with Gasteiger partial charge in [0.2, 0.25) is 10.0 Å². The molecule has 23 heavy (non-hydrogen) atoms. The molecule has 0 aromatic heterocycles. The van der Waals surface area contributed by atoms with Crippen molar-refractivity contribution in [1.82, 2.24) is 4.31 Å². The van der Waals surface area contributed by atoms with E-state index >= 15 is 0 Å². The highest BCUT2D eigenvalue weighted by molar-refractivity contribution is 7.89. The van der Waals surface area contributed by atoms with Gasteiger partial charge in [0, 0.05) is 25.6 Å². The monoisotopic (exact) mass is 342 g/mol. The Morgan fingerprint density at radius 2 is 2.00 bits per heavy atom. The highest BCUT2D eigenvalue weighted by Crippen LogP contribution is 2.18. The van der Waals surface area contributed by atoms with Crippen LogP contribution in [0.1, 0.15) is 13.3 Å². The summed E-state index contributed by atoms with van der Waals surface area (Å²) in [7, 11) is -2.70. The number of non-ortho nitro benzene ring substituents is 1. The predicted molar refractivity (Wildman–Crippen MR) is 83.3 cm³/mol. The van der Waals surface area contributed by atoms with Gasteiger partial charge < -0.3 is 4.74 Å². The highest BCUT2D eigenvalue weighted by Gasteiger charge is 2.24. The first kappa shape index (κ1) is 18.8. The van der Waals surface area contributed by atoms with E-state index < -0.39 is 33.6 Å². The van der Waals surface area contributed by atoms with Crippen LogP contribution in [0.5, 0.6) is 0 Å². The molecule has 1 atom stereocenters. The van der Waals surface area contributed by atoms with Crippen LogP contribution in [0.4, 0.5) is 5.69 Å². The van der Waals surface area contributed by atoms with Gasteiger partial charge in [0.1, 0.15) is 12.6 Å². The lowest BCUT2D eigenvalue weighted by Gasteiger charge is -2.18. The van der Waals surface area contributed by atoms with Gasteiger partial charge in [-0.15, -0.1) is 6.58 Å². The molecule has 0 radical (unpaired) electrons. The van der Waals surface area contributed by atoms with Crippen LogP contribution in [0.2, 0.25) is 0 Å². The predicted octanol–water partition coefficient (Wildman–Crippen LogP) is 1.72. The second kappa shape index (κ2) is 7.84. The number of hydrogen-bond donors (Lipinski definition) is 0. The maximum Gasteiger partial charge on any atom is 0.321 e. The number of carbonyl (C=O) groups excluding carboxylic acids is 1. The van der Waals surface area contributed by atoms with E-state index in [2.05, 4.69) is 6.58 Å². The lowest BCUT2D eigenvalue weighted by Crippen LogP contribution is -2.34. The Kier molecular flexibility index (Phi) is 6.40.